The Kier molecular flexibility index (Phi) is 5.76. The predicted octanol–water partition coefficient (Wildman–Crippen LogP) is 3.51. The zero-order valence-corrected chi connectivity index (χ0v) is 14.6. The van der Waals surface area contributed by atoms with Gasteiger partial charge in [-0.3, -0.25) is 5.32 Å². The number of alkyl carbamates (subject to hydrolysis) is 1. The van der Waals surface area contributed by atoms with Crippen LogP contribution in [0.4, 0.5) is 14.7 Å². The number of hydrogen-bond donors (Lipinski definition) is 2. The van der Waals surface area contributed by atoms with E-state index >= 15 is 0 Å². The molecule has 0 fully saturated rings. The summed E-state index contributed by atoms with van der Waals surface area (Å²) in [5.74, 6) is 0. The third-order valence-electron chi connectivity index (χ3n) is 1.97. The topological polar surface area (TPSA) is 89.5 Å². The molecule has 8 heteroatoms. The number of carbonyl (C=O) groups excluding carboxylic acids is 2. The lowest BCUT2D eigenvalue weighted by molar-refractivity contribution is 0.0523. The second kappa shape index (κ2) is 6.95. The number of ether oxygens (including phenoxy) is 2. The zero-order chi connectivity index (χ0) is 17.0. The van der Waals surface area contributed by atoms with Gasteiger partial charge in [0, 0.05) is 11.1 Å². The molecule has 124 valence electrons. The monoisotopic (exact) mass is 329 g/mol. The van der Waals surface area contributed by atoms with Gasteiger partial charge in [0.2, 0.25) is 0 Å². The van der Waals surface area contributed by atoms with E-state index in [9.17, 15) is 9.59 Å². The van der Waals surface area contributed by atoms with Gasteiger partial charge in [-0.25, -0.2) is 14.6 Å². The van der Waals surface area contributed by atoms with E-state index in [4.69, 9.17) is 9.47 Å². The lowest BCUT2D eigenvalue weighted by atomic mass is 10.2. The Morgan fingerprint density at radius 3 is 2.18 bits per heavy atom. The number of hydrogen-bond acceptors (Lipinski definition) is 6. The highest BCUT2D eigenvalue weighted by molar-refractivity contribution is 7.15. The molecule has 0 aliphatic heterocycles. The second-order valence-electron chi connectivity index (χ2n) is 6.61. The van der Waals surface area contributed by atoms with Gasteiger partial charge in [0.1, 0.15) is 11.2 Å². The van der Waals surface area contributed by atoms with Crippen molar-refractivity contribution in [2.24, 2.45) is 0 Å². The van der Waals surface area contributed by atoms with Gasteiger partial charge >= 0.3 is 12.2 Å². The summed E-state index contributed by atoms with van der Waals surface area (Å²) < 4.78 is 10.3. The molecular weight excluding hydrogens is 306 g/mol. The molecule has 1 aromatic heterocycles. The standard InChI is InChI=1S/C14H23N3O4S/c1-13(2,3)20-11(18)16-8-9-7-15-10(22-9)17-12(19)21-14(4,5)6/h7H,8H2,1-6H3,(H,16,18)(H,15,17,19). The first kappa shape index (κ1) is 18.2. The van der Waals surface area contributed by atoms with E-state index in [1.807, 2.05) is 0 Å². The van der Waals surface area contributed by atoms with Gasteiger partial charge in [-0.05, 0) is 41.5 Å². The van der Waals surface area contributed by atoms with Gasteiger partial charge in [-0.15, -0.1) is 0 Å². The highest BCUT2D eigenvalue weighted by atomic mass is 32.1. The van der Waals surface area contributed by atoms with Crippen LogP contribution in [0.2, 0.25) is 0 Å². The average Bonchev–Trinajstić information content (AvgIpc) is 2.68. The summed E-state index contributed by atoms with van der Waals surface area (Å²) in [5, 5.41) is 5.58. The minimum Gasteiger partial charge on any atom is -0.444 e. The van der Waals surface area contributed by atoms with E-state index in [2.05, 4.69) is 15.6 Å². The van der Waals surface area contributed by atoms with Crippen molar-refractivity contribution in [2.45, 2.75) is 59.3 Å². The molecule has 0 atom stereocenters. The summed E-state index contributed by atoms with van der Waals surface area (Å²) in [4.78, 5) is 28.0. The molecular formula is C14H23N3O4S. The Balaban J connectivity index is 2.45. The molecule has 0 spiro atoms. The van der Waals surface area contributed by atoms with Crippen LogP contribution < -0.4 is 10.6 Å². The Hall–Kier alpha value is -1.83. The van der Waals surface area contributed by atoms with E-state index in [0.717, 1.165) is 4.88 Å². The van der Waals surface area contributed by atoms with E-state index in [1.54, 1.807) is 47.7 Å². The maximum absolute atomic E-state index is 11.6. The van der Waals surface area contributed by atoms with E-state index in [1.165, 1.54) is 11.3 Å². The number of aromatic nitrogens is 1. The van der Waals surface area contributed by atoms with Gasteiger partial charge in [0.25, 0.3) is 0 Å². The van der Waals surface area contributed by atoms with Gasteiger partial charge in [-0.2, -0.15) is 0 Å². The highest BCUT2D eigenvalue weighted by Gasteiger charge is 2.18. The summed E-state index contributed by atoms with van der Waals surface area (Å²) in [6, 6.07) is 0. The van der Waals surface area contributed by atoms with Crippen molar-refractivity contribution in [3.05, 3.63) is 11.1 Å². The van der Waals surface area contributed by atoms with E-state index in [-0.39, 0.29) is 6.54 Å². The summed E-state index contributed by atoms with van der Waals surface area (Å²) in [7, 11) is 0. The molecule has 0 saturated heterocycles. The first-order chi connectivity index (χ1) is 9.94. The van der Waals surface area contributed by atoms with Crippen LogP contribution in [0.5, 0.6) is 0 Å². The Morgan fingerprint density at radius 1 is 1.09 bits per heavy atom. The summed E-state index contributed by atoms with van der Waals surface area (Å²) >= 11 is 1.25. The molecule has 0 bridgehead atoms. The predicted molar refractivity (Wildman–Crippen MR) is 85.0 cm³/mol. The Morgan fingerprint density at radius 2 is 1.64 bits per heavy atom. The number of anilines is 1. The average molecular weight is 329 g/mol. The number of rotatable bonds is 3. The molecule has 0 unspecified atom stereocenters. The van der Waals surface area contributed by atoms with Crippen LogP contribution >= 0.6 is 11.3 Å². The fourth-order valence-electron chi connectivity index (χ4n) is 1.31. The molecule has 0 aromatic carbocycles. The number of nitrogens with one attached hydrogen (secondary N) is 2. The molecule has 1 aromatic rings. The fourth-order valence-corrected chi connectivity index (χ4v) is 2.05. The van der Waals surface area contributed by atoms with Crippen molar-refractivity contribution in [1.82, 2.24) is 10.3 Å². The molecule has 0 aliphatic rings. The first-order valence-electron chi connectivity index (χ1n) is 6.86. The minimum absolute atomic E-state index is 0.280. The summed E-state index contributed by atoms with van der Waals surface area (Å²) in [5.41, 5.74) is -1.11. The Bertz CT molecular complexity index is 529. The second-order valence-corrected chi connectivity index (χ2v) is 7.73. The van der Waals surface area contributed by atoms with Crippen molar-refractivity contribution in [2.75, 3.05) is 5.32 Å². The van der Waals surface area contributed by atoms with Crippen LogP contribution in [0.3, 0.4) is 0 Å². The molecule has 1 heterocycles. The number of amides is 2. The molecule has 0 saturated carbocycles. The zero-order valence-electron chi connectivity index (χ0n) is 13.8. The first-order valence-corrected chi connectivity index (χ1v) is 7.68. The number of carbonyl (C=O) groups is 2. The maximum Gasteiger partial charge on any atom is 0.413 e. The molecule has 0 aliphatic carbocycles. The molecule has 2 amide bonds. The van der Waals surface area contributed by atoms with Crippen LogP contribution in [-0.2, 0) is 16.0 Å². The highest BCUT2D eigenvalue weighted by Crippen LogP contribution is 2.19. The van der Waals surface area contributed by atoms with E-state index < -0.39 is 23.4 Å². The van der Waals surface area contributed by atoms with Crippen molar-refractivity contribution in [3.8, 4) is 0 Å². The maximum atomic E-state index is 11.6. The lowest BCUT2D eigenvalue weighted by Crippen LogP contribution is -2.31. The minimum atomic E-state index is -0.567. The summed E-state index contributed by atoms with van der Waals surface area (Å²) in [6.45, 7) is 11.0. The van der Waals surface area contributed by atoms with Crippen molar-refractivity contribution in [1.29, 1.82) is 0 Å². The third-order valence-corrected chi connectivity index (χ3v) is 2.88. The van der Waals surface area contributed by atoms with Gasteiger partial charge < -0.3 is 14.8 Å². The lowest BCUT2D eigenvalue weighted by Gasteiger charge is -2.19. The SMILES string of the molecule is CC(C)(C)OC(=O)NCc1cnc(NC(=O)OC(C)(C)C)s1. The van der Waals surface area contributed by atoms with Crippen LogP contribution in [0.1, 0.15) is 46.4 Å². The quantitative estimate of drug-likeness (QED) is 0.885. The van der Waals surface area contributed by atoms with Gasteiger partial charge in [0.05, 0.1) is 6.54 Å². The van der Waals surface area contributed by atoms with Crippen LogP contribution in [0, 0.1) is 0 Å². The van der Waals surface area contributed by atoms with Gasteiger partial charge in [0.15, 0.2) is 5.13 Å². The number of nitrogens with zero attached hydrogens (tertiary/aromatic N) is 1. The van der Waals surface area contributed by atoms with Crippen molar-refractivity contribution < 1.29 is 19.1 Å². The Labute approximate surface area is 134 Å². The largest absolute Gasteiger partial charge is 0.444 e. The molecule has 1 rings (SSSR count). The van der Waals surface area contributed by atoms with Crippen LogP contribution in [-0.4, -0.2) is 28.4 Å². The smallest absolute Gasteiger partial charge is 0.413 e. The molecule has 7 nitrogen and oxygen atoms in total. The van der Waals surface area contributed by atoms with Crippen LogP contribution in [0.25, 0.3) is 0 Å². The molecule has 2 N–H and O–H groups in total. The third kappa shape index (κ3) is 7.82. The van der Waals surface area contributed by atoms with Crippen molar-refractivity contribution >= 4 is 28.7 Å². The number of thiazole rings is 1. The normalized spacial score (nSPS) is 11.7. The fraction of sp³-hybridized carbons (Fsp3) is 0.643. The molecule has 22 heavy (non-hydrogen) atoms. The van der Waals surface area contributed by atoms with E-state index in [0.29, 0.717) is 5.13 Å². The van der Waals surface area contributed by atoms with Gasteiger partial charge in [-0.1, -0.05) is 11.3 Å². The summed E-state index contributed by atoms with van der Waals surface area (Å²) in [6.07, 6.45) is 0.519. The van der Waals surface area contributed by atoms with Crippen LogP contribution in [0.15, 0.2) is 6.20 Å². The molecule has 0 radical (unpaired) electrons. The van der Waals surface area contributed by atoms with Crippen molar-refractivity contribution in [3.63, 3.8) is 0 Å².